The summed E-state index contributed by atoms with van der Waals surface area (Å²) in [6.45, 7) is 1.33. The Morgan fingerprint density at radius 1 is 0.667 bits per heavy atom. The summed E-state index contributed by atoms with van der Waals surface area (Å²) in [7, 11) is 0. The number of hydrogen-bond acceptors (Lipinski definition) is 7. The molecule has 0 fully saturated rings. The molecule has 0 saturated carbocycles. The van der Waals surface area contributed by atoms with Crippen molar-refractivity contribution in [2.45, 2.75) is 13.1 Å². The smallest absolute Gasteiger partial charge is 0.335 e. The van der Waals surface area contributed by atoms with Crippen molar-refractivity contribution in [3.05, 3.63) is 156 Å². The van der Waals surface area contributed by atoms with Crippen LogP contribution in [0.1, 0.15) is 31.8 Å². The van der Waals surface area contributed by atoms with Crippen LogP contribution in [0.4, 0.5) is 20.4 Å². The van der Waals surface area contributed by atoms with Gasteiger partial charge >= 0.3 is 5.97 Å². The van der Waals surface area contributed by atoms with Gasteiger partial charge in [0.05, 0.1) is 18.7 Å². The molecule has 0 bridgehead atoms. The Morgan fingerprint density at radius 2 is 1.13 bits per heavy atom. The maximum Gasteiger partial charge on any atom is 0.335 e. The van der Waals surface area contributed by atoms with Crippen LogP contribution in [0.15, 0.2) is 122 Å². The number of rotatable bonds is 7. The van der Waals surface area contributed by atoms with Gasteiger partial charge in [-0.2, -0.15) is 10.2 Å². The van der Waals surface area contributed by atoms with Gasteiger partial charge in [0, 0.05) is 48.8 Å². The Balaban J connectivity index is 0.000000170. The van der Waals surface area contributed by atoms with E-state index in [0.29, 0.717) is 23.7 Å². The van der Waals surface area contributed by atoms with Crippen molar-refractivity contribution in [3.8, 4) is 0 Å². The predicted octanol–water partition coefficient (Wildman–Crippen LogP) is 5.15. The Hall–Kier alpha value is -6.24. The summed E-state index contributed by atoms with van der Waals surface area (Å²) in [5.41, 5.74) is 8.20. The molecule has 6 rings (SSSR count). The zero-order valence-corrected chi connectivity index (χ0v) is 23.7. The minimum absolute atomic E-state index is 0.0985. The zero-order chi connectivity index (χ0) is 32.0. The second-order valence-electron chi connectivity index (χ2n) is 9.32. The number of nitrogens with zero attached hydrogens (tertiary/aromatic N) is 6. The number of amides is 1. The molecule has 4 aromatic heterocycles. The quantitative estimate of drug-likeness (QED) is 0.224. The number of anilines is 2. The van der Waals surface area contributed by atoms with Gasteiger partial charge in [0.15, 0.2) is 5.82 Å². The first-order chi connectivity index (χ1) is 21.7. The standard InChI is InChI=1S/C16H13FN4O.C9H10N4.C7H5FO2/c17-14-3-1-13(2-4-14)16(22)19-15-7-10-21(20-15)11-12-5-8-18-9-6-12;10-9-3-6-13(12-9)7-8-1-4-11-5-2-8;8-6-3-1-5(2-4-6)7(9)10/h1-10H,11H2,(H,19,20,22);1-6H,7H2,(H2,10,12);1-4H,(H,9,10). The van der Waals surface area contributed by atoms with Crippen LogP contribution in [0.3, 0.4) is 0 Å². The Bertz CT molecular complexity index is 1790. The highest BCUT2D eigenvalue weighted by molar-refractivity contribution is 6.03. The molecule has 6 aromatic rings. The number of benzene rings is 2. The summed E-state index contributed by atoms with van der Waals surface area (Å²) < 4.78 is 28.5. The molecule has 45 heavy (non-hydrogen) atoms. The van der Waals surface area contributed by atoms with Crippen LogP contribution >= 0.6 is 0 Å². The fourth-order valence-corrected chi connectivity index (χ4v) is 3.71. The molecule has 0 spiro atoms. The molecule has 0 aliphatic carbocycles. The third kappa shape index (κ3) is 10.5. The average Bonchev–Trinajstić information content (AvgIpc) is 3.67. The highest BCUT2D eigenvalue weighted by atomic mass is 19.1. The van der Waals surface area contributed by atoms with E-state index in [2.05, 4.69) is 25.5 Å². The lowest BCUT2D eigenvalue weighted by Gasteiger charge is -2.03. The average molecular weight is 611 g/mol. The number of nitrogen functional groups attached to an aromatic ring is 1. The predicted molar refractivity (Wildman–Crippen MR) is 163 cm³/mol. The third-order valence-electron chi connectivity index (χ3n) is 5.93. The van der Waals surface area contributed by atoms with E-state index in [4.69, 9.17) is 10.8 Å². The van der Waals surface area contributed by atoms with E-state index in [1.807, 2.05) is 30.5 Å². The van der Waals surface area contributed by atoms with Crippen LogP contribution in [0, 0.1) is 11.6 Å². The van der Waals surface area contributed by atoms with Crippen molar-refractivity contribution in [2.24, 2.45) is 0 Å². The lowest BCUT2D eigenvalue weighted by atomic mass is 10.2. The summed E-state index contributed by atoms with van der Waals surface area (Å²) in [5, 5.41) is 19.4. The van der Waals surface area contributed by atoms with E-state index in [1.54, 1.807) is 52.5 Å². The fraction of sp³-hybridized carbons (Fsp3) is 0.0625. The van der Waals surface area contributed by atoms with Crippen LogP contribution in [0.25, 0.3) is 0 Å². The monoisotopic (exact) mass is 610 g/mol. The van der Waals surface area contributed by atoms with E-state index >= 15 is 0 Å². The molecule has 0 atom stereocenters. The number of aromatic carboxylic acids is 1. The lowest BCUT2D eigenvalue weighted by Crippen LogP contribution is -2.12. The maximum atomic E-state index is 12.8. The second kappa shape index (κ2) is 15.8. The Kier molecular flexibility index (Phi) is 11.2. The van der Waals surface area contributed by atoms with Crippen molar-refractivity contribution >= 4 is 23.5 Å². The van der Waals surface area contributed by atoms with E-state index < -0.39 is 11.8 Å². The number of aromatic nitrogens is 6. The Labute approximate surface area is 256 Å². The summed E-state index contributed by atoms with van der Waals surface area (Å²) in [5.74, 6) is -1.17. The number of pyridine rings is 2. The molecule has 0 saturated heterocycles. The number of carboxylic acids is 1. The first kappa shape index (κ1) is 31.7. The molecule has 1 amide bonds. The van der Waals surface area contributed by atoms with Gasteiger partial charge in [-0.05, 0) is 90.0 Å². The zero-order valence-electron chi connectivity index (χ0n) is 23.7. The number of carboxylic acid groups (broad SMARTS) is 1. The van der Waals surface area contributed by atoms with Crippen molar-refractivity contribution in [3.63, 3.8) is 0 Å². The van der Waals surface area contributed by atoms with Crippen LogP contribution in [-0.2, 0) is 13.1 Å². The van der Waals surface area contributed by atoms with Gasteiger partial charge in [-0.15, -0.1) is 0 Å². The van der Waals surface area contributed by atoms with Crippen molar-refractivity contribution in [1.82, 2.24) is 29.5 Å². The van der Waals surface area contributed by atoms with Crippen molar-refractivity contribution in [1.29, 1.82) is 0 Å². The van der Waals surface area contributed by atoms with Gasteiger partial charge < -0.3 is 16.2 Å². The first-order valence-corrected chi connectivity index (χ1v) is 13.4. The van der Waals surface area contributed by atoms with Gasteiger partial charge in [0.1, 0.15) is 17.5 Å². The minimum Gasteiger partial charge on any atom is -0.478 e. The van der Waals surface area contributed by atoms with Crippen molar-refractivity contribution < 1.29 is 23.5 Å². The topological polar surface area (TPSA) is 154 Å². The SMILES string of the molecule is Nc1ccn(Cc2ccncc2)n1.O=C(Nc1ccn(Cc2ccncc2)n1)c1ccc(F)cc1.O=C(O)c1ccc(F)cc1. The third-order valence-corrected chi connectivity index (χ3v) is 5.93. The summed E-state index contributed by atoms with van der Waals surface area (Å²) >= 11 is 0. The minimum atomic E-state index is -1.04. The summed E-state index contributed by atoms with van der Waals surface area (Å²) in [4.78, 5) is 30.1. The van der Waals surface area contributed by atoms with Gasteiger partial charge in [-0.1, -0.05) is 0 Å². The Morgan fingerprint density at radius 3 is 1.60 bits per heavy atom. The fourth-order valence-electron chi connectivity index (χ4n) is 3.71. The van der Waals surface area contributed by atoms with Gasteiger partial charge in [-0.3, -0.25) is 24.1 Å². The van der Waals surface area contributed by atoms with Crippen molar-refractivity contribution in [2.75, 3.05) is 11.1 Å². The molecule has 11 nitrogen and oxygen atoms in total. The highest BCUT2D eigenvalue weighted by Crippen LogP contribution is 2.09. The van der Waals surface area contributed by atoms with E-state index in [0.717, 1.165) is 29.8 Å². The second-order valence-corrected chi connectivity index (χ2v) is 9.32. The number of halogens is 2. The molecular weight excluding hydrogens is 582 g/mol. The van der Waals surface area contributed by atoms with Gasteiger partial charge in [0.2, 0.25) is 0 Å². The van der Waals surface area contributed by atoms with Crippen LogP contribution < -0.4 is 11.1 Å². The highest BCUT2D eigenvalue weighted by Gasteiger charge is 2.08. The molecule has 13 heteroatoms. The molecule has 2 aromatic carbocycles. The van der Waals surface area contributed by atoms with Crippen LogP contribution in [-0.4, -0.2) is 46.5 Å². The summed E-state index contributed by atoms with van der Waals surface area (Å²) in [6, 6.07) is 21.2. The largest absolute Gasteiger partial charge is 0.478 e. The number of nitrogens with two attached hydrogens (primary N) is 1. The van der Waals surface area contributed by atoms with Gasteiger partial charge in [-0.25, -0.2) is 13.6 Å². The maximum absolute atomic E-state index is 12.8. The number of nitrogens with one attached hydrogen (secondary N) is 1. The molecule has 228 valence electrons. The molecule has 0 unspecified atom stereocenters. The summed E-state index contributed by atoms with van der Waals surface area (Å²) in [6.07, 6.45) is 10.6. The number of carbonyl (C=O) groups is 2. The number of carbonyl (C=O) groups excluding carboxylic acids is 1. The molecule has 4 N–H and O–H groups in total. The molecular formula is C32H28F2N8O3. The molecule has 0 aliphatic rings. The normalized spacial score (nSPS) is 10.1. The number of hydrogen-bond donors (Lipinski definition) is 3. The van der Waals surface area contributed by atoms with Crippen LogP contribution in [0.5, 0.6) is 0 Å². The molecule has 4 heterocycles. The van der Waals surface area contributed by atoms with E-state index in [-0.39, 0.29) is 17.3 Å². The van der Waals surface area contributed by atoms with E-state index in [9.17, 15) is 18.4 Å². The van der Waals surface area contributed by atoms with E-state index in [1.165, 1.54) is 36.4 Å². The molecule has 0 aliphatic heterocycles. The van der Waals surface area contributed by atoms with Gasteiger partial charge in [0.25, 0.3) is 5.91 Å². The first-order valence-electron chi connectivity index (χ1n) is 13.4. The lowest BCUT2D eigenvalue weighted by molar-refractivity contribution is 0.0696. The molecule has 0 radical (unpaired) electrons. The van der Waals surface area contributed by atoms with Crippen LogP contribution in [0.2, 0.25) is 0 Å².